The van der Waals surface area contributed by atoms with Crippen LogP contribution in [0, 0.1) is 11.8 Å². The van der Waals surface area contributed by atoms with Gasteiger partial charge in [-0.15, -0.1) is 0 Å². The Hall–Kier alpha value is -0.810. The minimum Gasteiger partial charge on any atom is -0.380 e. The van der Waals surface area contributed by atoms with E-state index in [-0.39, 0.29) is 0 Å². The van der Waals surface area contributed by atoms with Crippen LogP contribution in [0.3, 0.4) is 0 Å². The van der Waals surface area contributed by atoms with Crippen molar-refractivity contribution in [3.05, 3.63) is 0 Å². The minimum absolute atomic E-state index is 0.691. The highest BCUT2D eigenvalue weighted by Gasteiger charge is 2.16. The van der Waals surface area contributed by atoms with E-state index in [0.29, 0.717) is 11.8 Å². The van der Waals surface area contributed by atoms with Crippen molar-refractivity contribution in [2.24, 2.45) is 16.8 Å². The lowest BCUT2D eigenvalue weighted by Gasteiger charge is -2.28. The lowest BCUT2D eigenvalue weighted by molar-refractivity contribution is 0.128. The SMILES string of the molecule is CCNC(=NCC1CCCN(C)C1)NCCOCCC(C)C. The largest absolute Gasteiger partial charge is 0.380 e. The van der Waals surface area contributed by atoms with Crippen molar-refractivity contribution in [3.8, 4) is 0 Å². The fourth-order valence-corrected chi connectivity index (χ4v) is 2.65. The second kappa shape index (κ2) is 11.7. The molecule has 1 atom stereocenters. The molecule has 130 valence electrons. The molecular formula is C17H36N4O. The van der Waals surface area contributed by atoms with Crippen LogP contribution in [0.1, 0.15) is 40.0 Å². The molecule has 0 aromatic heterocycles. The molecule has 0 spiro atoms. The van der Waals surface area contributed by atoms with Crippen molar-refractivity contribution in [1.29, 1.82) is 0 Å². The molecular weight excluding hydrogens is 276 g/mol. The van der Waals surface area contributed by atoms with E-state index in [1.54, 1.807) is 0 Å². The molecule has 22 heavy (non-hydrogen) atoms. The third-order valence-electron chi connectivity index (χ3n) is 3.95. The second-order valence-corrected chi connectivity index (χ2v) is 6.71. The Kier molecular flexibility index (Phi) is 10.2. The van der Waals surface area contributed by atoms with Gasteiger partial charge in [-0.3, -0.25) is 4.99 Å². The summed E-state index contributed by atoms with van der Waals surface area (Å²) in [7, 11) is 2.20. The summed E-state index contributed by atoms with van der Waals surface area (Å²) in [6.45, 7) is 13.1. The molecule has 5 heteroatoms. The molecule has 0 radical (unpaired) electrons. The van der Waals surface area contributed by atoms with Crippen molar-refractivity contribution in [3.63, 3.8) is 0 Å². The van der Waals surface area contributed by atoms with Crippen molar-refractivity contribution in [1.82, 2.24) is 15.5 Å². The third-order valence-corrected chi connectivity index (χ3v) is 3.95. The zero-order valence-corrected chi connectivity index (χ0v) is 15.0. The molecule has 0 aromatic carbocycles. The van der Waals surface area contributed by atoms with Gasteiger partial charge in [0, 0.05) is 32.8 Å². The fourth-order valence-electron chi connectivity index (χ4n) is 2.65. The number of piperidine rings is 1. The van der Waals surface area contributed by atoms with Gasteiger partial charge in [0.05, 0.1) is 6.61 Å². The van der Waals surface area contributed by atoms with Gasteiger partial charge in [-0.05, 0) is 51.6 Å². The van der Waals surface area contributed by atoms with Crippen LogP contribution in [0.4, 0.5) is 0 Å². The van der Waals surface area contributed by atoms with Crippen LogP contribution in [0.2, 0.25) is 0 Å². The summed E-state index contributed by atoms with van der Waals surface area (Å²) < 4.78 is 5.63. The second-order valence-electron chi connectivity index (χ2n) is 6.71. The first-order valence-corrected chi connectivity index (χ1v) is 8.90. The van der Waals surface area contributed by atoms with Crippen LogP contribution in [0.5, 0.6) is 0 Å². The lowest BCUT2D eigenvalue weighted by atomic mass is 9.99. The number of aliphatic imine (C=N–C) groups is 1. The van der Waals surface area contributed by atoms with Crippen molar-refractivity contribution in [2.45, 2.75) is 40.0 Å². The summed E-state index contributed by atoms with van der Waals surface area (Å²) in [4.78, 5) is 7.14. The number of nitrogens with zero attached hydrogens (tertiary/aromatic N) is 2. The molecule has 0 aromatic rings. The molecule has 0 amide bonds. The number of ether oxygens (including phenoxy) is 1. The van der Waals surface area contributed by atoms with Gasteiger partial charge in [0.2, 0.25) is 0 Å². The molecule has 1 heterocycles. The van der Waals surface area contributed by atoms with Crippen LogP contribution in [-0.4, -0.2) is 63.8 Å². The Morgan fingerprint density at radius 1 is 1.32 bits per heavy atom. The zero-order valence-electron chi connectivity index (χ0n) is 15.0. The quantitative estimate of drug-likeness (QED) is 0.388. The number of likely N-dealkylation sites (tertiary alicyclic amines) is 1. The molecule has 0 bridgehead atoms. The summed E-state index contributed by atoms with van der Waals surface area (Å²) in [5.74, 6) is 2.32. The Morgan fingerprint density at radius 3 is 2.82 bits per heavy atom. The van der Waals surface area contributed by atoms with Gasteiger partial charge in [-0.1, -0.05) is 13.8 Å². The number of nitrogens with one attached hydrogen (secondary N) is 2. The first-order chi connectivity index (χ1) is 10.6. The maximum absolute atomic E-state index is 5.63. The van der Waals surface area contributed by atoms with E-state index in [9.17, 15) is 0 Å². The standard InChI is InChI=1S/C17H36N4O/c1-5-18-17(19-9-12-22-11-8-15(2)3)20-13-16-7-6-10-21(4)14-16/h15-16H,5-14H2,1-4H3,(H2,18,19,20). The van der Waals surface area contributed by atoms with Crippen LogP contribution in [0.15, 0.2) is 4.99 Å². The van der Waals surface area contributed by atoms with Crippen LogP contribution >= 0.6 is 0 Å². The van der Waals surface area contributed by atoms with Gasteiger partial charge in [0.25, 0.3) is 0 Å². The lowest BCUT2D eigenvalue weighted by Crippen LogP contribution is -2.40. The van der Waals surface area contributed by atoms with Crippen LogP contribution < -0.4 is 10.6 Å². The average Bonchev–Trinajstić information content (AvgIpc) is 2.48. The first-order valence-electron chi connectivity index (χ1n) is 8.90. The third kappa shape index (κ3) is 9.26. The van der Waals surface area contributed by atoms with Gasteiger partial charge in [0.15, 0.2) is 5.96 Å². The Labute approximate surface area is 136 Å². The van der Waals surface area contributed by atoms with Crippen molar-refractivity contribution >= 4 is 5.96 Å². The highest BCUT2D eigenvalue weighted by Crippen LogP contribution is 2.14. The van der Waals surface area contributed by atoms with E-state index in [0.717, 1.165) is 45.2 Å². The van der Waals surface area contributed by atoms with Gasteiger partial charge in [-0.25, -0.2) is 0 Å². The fraction of sp³-hybridized carbons (Fsp3) is 0.941. The van der Waals surface area contributed by atoms with Crippen molar-refractivity contribution < 1.29 is 4.74 Å². The number of hydrogen-bond acceptors (Lipinski definition) is 3. The van der Waals surface area contributed by atoms with E-state index in [1.807, 2.05) is 0 Å². The maximum Gasteiger partial charge on any atom is 0.191 e. The van der Waals surface area contributed by atoms with Gasteiger partial charge < -0.3 is 20.3 Å². The van der Waals surface area contributed by atoms with Gasteiger partial charge in [0.1, 0.15) is 0 Å². The molecule has 1 unspecified atom stereocenters. The highest BCUT2D eigenvalue weighted by atomic mass is 16.5. The normalized spacial score (nSPS) is 20.4. The molecule has 1 rings (SSSR count). The van der Waals surface area contributed by atoms with E-state index in [1.165, 1.54) is 25.9 Å². The molecule has 1 fully saturated rings. The summed E-state index contributed by atoms with van der Waals surface area (Å²) in [5.41, 5.74) is 0. The Balaban J connectivity index is 2.20. The molecule has 0 aliphatic carbocycles. The molecule has 1 aliphatic rings. The monoisotopic (exact) mass is 312 g/mol. The maximum atomic E-state index is 5.63. The predicted octanol–water partition coefficient (Wildman–Crippen LogP) is 1.95. The smallest absolute Gasteiger partial charge is 0.191 e. The summed E-state index contributed by atoms with van der Waals surface area (Å²) in [6, 6.07) is 0. The Morgan fingerprint density at radius 2 is 2.14 bits per heavy atom. The highest BCUT2D eigenvalue weighted by molar-refractivity contribution is 5.79. The molecule has 0 saturated carbocycles. The summed E-state index contributed by atoms with van der Waals surface area (Å²) >= 11 is 0. The number of hydrogen-bond donors (Lipinski definition) is 2. The molecule has 2 N–H and O–H groups in total. The minimum atomic E-state index is 0.691. The molecule has 5 nitrogen and oxygen atoms in total. The van der Waals surface area contributed by atoms with E-state index >= 15 is 0 Å². The van der Waals surface area contributed by atoms with Gasteiger partial charge >= 0.3 is 0 Å². The molecule has 1 aliphatic heterocycles. The van der Waals surface area contributed by atoms with Gasteiger partial charge in [-0.2, -0.15) is 0 Å². The first kappa shape index (κ1) is 19.2. The van der Waals surface area contributed by atoms with Crippen molar-refractivity contribution in [2.75, 3.05) is 53.0 Å². The molecule has 1 saturated heterocycles. The average molecular weight is 313 g/mol. The Bertz CT molecular complexity index is 307. The van der Waals surface area contributed by atoms with Crippen LogP contribution in [-0.2, 0) is 4.74 Å². The van der Waals surface area contributed by atoms with Crippen LogP contribution in [0.25, 0.3) is 0 Å². The zero-order chi connectivity index (χ0) is 16.2. The van der Waals surface area contributed by atoms with E-state index < -0.39 is 0 Å². The predicted molar refractivity (Wildman–Crippen MR) is 94.5 cm³/mol. The van der Waals surface area contributed by atoms with E-state index in [2.05, 4.69) is 43.4 Å². The summed E-state index contributed by atoms with van der Waals surface area (Å²) in [6.07, 6.45) is 3.72. The number of rotatable bonds is 9. The topological polar surface area (TPSA) is 48.9 Å². The van der Waals surface area contributed by atoms with E-state index in [4.69, 9.17) is 9.73 Å². The number of guanidine groups is 1. The summed E-state index contributed by atoms with van der Waals surface area (Å²) in [5, 5.41) is 6.67.